The summed E-state index contributed by atoms with van der Waals surface area (Å²) in [4.78, 5) is 23.0. The van der Waals surface area contributed by atoms with E-state index < -0.39 is 71.9 Å². The molecule has 25 heteroatoms. The van der Waals surface area contributed by atoms with Crippen molar-refractivity contribution < 1.29 is 61.5 Å². The maximum atomic E-state index is 13.2. The van der Waals surface area contributed by atoms with Crippen LogP contribution in [-0.2, 0) is 40.5 Å². The van der Waals surface area contributed by atoms with Crippen LogP contribution in [0.1, 0.15) is 20.7 Å². The molecule has 2 amide bonds. The van der Waals surface area contributed by atoms with Crippen molar-refractivity contribution in [3.8, 4) is 0 Å². The van der Waals surface area contributed by atoms with Gasteiger partial charge >= 0.3 is 0 Å². The van der Waals surface area contributed by atoms with Gasteiger partial charge in [-0.2, -0.15) is 33.7 Å². The van der Waals surface area contributed by atoms with E-state index in [4.69, 9.17) is 5.73 Å². The topological polar surface area (TPSA) is 302 Å². The van der Waals surface area contributed by atoms with E-state index in [9.17, 15) is 61.5 Å². The Bertz CT molecular complexity index is 2550. The summed E-state index contributed by atoms with van der Waals surface area (Å²) < 4.78 is 132. The van der Waals surface area contributed by atoms with Gasteiger partial charge in [-0.1, -0.05) is 12.1 Å². The van der Waals surface area contributed by atoms with Gasteiger partial charge in [0, 0.05) is 157 Å². The number of fused-ring (bicyclic) bond motifs is 2. The number of nitrogens with one attached hydrogen (secondary N) is 2. The number of carbonyl (C=O) groups is 2. The Hall–Kier alpha value is -1.000. The summed E-state index contributed by atoms with van der Waals surface area (Å²) in [6, 6.07) is 13.7. The van der Waals surface area contributed by atoms with Gasteiger partial charge in [0.25, 0.3) is 52.3 Å². The summed E-state index contributed by atoms with van der Waals surface area (Å²) in [5.74, 6) is -1.66. The number of benzene rings is 5. The minimum atomic E-state index is -4.94. The van der Waals surface area contributed by atoms with E-state index >= 15 is 0 Å². The Kier molecular flexibility index (Phi) is 17.5. The molecule has 0 aliphatic heterocycles. The van der Waals surface area contributed by atoms with Crippen LogP contribution in [0.25, 0.3) is 21.5 Å². The Labute approximate surface area is 391 Å². The van der Waals surface area contributed by atoms with Gasteiger partial charge in [-0.15, -0.1) is 0 Å². The summed E-state index contributed by atoms with van der Waals surface area (Å²) in [5, 5.41) is 4.49. The molecule has 0 aliphatic carbocycles. The zero-order chi connectivity index (χ0) is 36.3. The molecule has 0 aliphatic rings. The van der Waals surface area contributed by atoms with Crippen molar-refractivity contribution in [1.29, 1.82) is 0 Å². The van der Waals surface area contributed by atoms with Crippen molar-refractivity contribution in [2.75, 3.05) is 16.4 Å². The van der Waals surface area contributed by atoms with Gasteiger partial charge in [-0.3, -0.25) is 27.8 Å². The Morgan fingerprint density at radius 3 is 1.11 bits per heavy atom. The van der Waals surface area contributed by atoms with Gasteiger partial charge in [-0.05, 0) is 77.5 Å². The smallest absolute Gasteiger partial charge is 0.295 e. The molecule has 5 aromatic carbocycles. The molecule has 0 spiro atoms. The van der Waals surface area contributed by atoms with E-state index in [0.717, 1.165) is 30.3 Å². The number of nitrogen functional groups attached to an aromatic ring is 1. The van der Waals surface area contributed by atoms with Crippen LogP contribution < -0.4 is 16.4 Å². The van der Waals surface area contributed by atoms with Crippen LogP contribution in [0.2, 0.25) is 0 Å². The summed E-state index contributed by atoms with van der Waals surface area (Å²) in [5.41, 5.74) is 5.59. The van der Waals surface area contributed by atoms with Crippen LogP contribution in [0.3, 0.4) is 0 Å². The predicted octanol–water partition coefficient (Wildman–Crippen LogP) is 1.54. The minimum absolute atomic E-state index is 0. The van der Waals surface area contributed by atoms with Gasteiger partial charge in [0.15, 0.2) is 0 Å². The van der Waals surface area contributed by atoms with Crippen molar-refractivity contribution in [2.24, 2.45) is 0 Å². The van der Waals surface area contributed by atoms with Crippen molar-refractivity contribution in [3.05, 3.63) is 90.0 Å². The number of rotatable bonds is 8. The van der Waals surface area contributed by atoms with E-state index in [1.807, 2.05) is 0 Å². The molecular weight excluding hydrogens is 823 g/mol. The van der Waals surface area contributed by atoms with Gasteiger partial charge in [-0.25, -0.2) is 0 Å². The molecule has 17 nitrogen and oxygen atoms in total. The van der Waals surface area contributed by atoms with E-state index in [0.29, 0.717) is 12.1 Å². The zero-order valence-electron chi connectivity index (χ0n) is 28.1. The van der Waals surface area contributed by atoms with Crippen LogP contribution in [0, 0.1) is 0 Å². The molecule has 0 aromatic heterocycles. The van der Waals surface area contributed by atoms with Gasteiger partial charge in [0.1, 0.15) is 9.79 Å². The average Bonchev–Trinajstić information content (AvgIpc) is 2.97. The molecule has 0 bridgehead atoms. The minimum Gasteiger partial charge on any atom is -0.399 e. The molecule has 260 valence electrons. The third kappa shape index (κ3) is 12.0. The Morgan fingerprint density at radius 2 is 0.811 bits per heavy atom. The molecule has 0 fully saturated rings. The van der Waals surface area contributed by atoms with Crippen molar-refractivity contribution in [3.63, 3.8) is 0 Å². The fourth-order valence-electron chi connectivity index (χ4n) is 4.82. The number of hydrogen-bond acceptors (Lipinski definition) is 11. The molecule has 5 rings (SSSR count). The van der Waals surface area contributed by atoms with Gasteiger partial charge in [0.2, 0.25) is 0 Å². The molecule has 0 atom stereocenters. The van der Waals surface area contributed by atoms with Crippen LogP contribution in [0.5, 0.6) is 0 Å². The van der Waals surface area contributed by atoms with Crippen molar-refractivity contribution in [1.82, 2.24) is 0 Å². The van der Waals surface area contributed by atoms with E-state index in [1.165, 1.54) is 36.4 Å². The number of carbonyl (C=O) groups excluding carboxylic acids is 2. The second-order valence-electron chi connectivity index (χ2n) is 10.4. The second kappa shape index (κ2) is 18.5. The zero-order valence-corrected chi connectivity index (χ0v) is 39.4. The van der Waals surface area contributed by atoms with E-state index in [2.05, 4.69) is 10.6 Å². The van der Waals surface area contributed by atoms with Gasteiger partial charge in [0.05, 0.1) is 9.79 Å². The normalized spacial score (nSPS) is 11.6. The number of nitrogens with two attached hydrogens (primary N) is 1. The van der Waals surface area contributed by atoms with E-state index in [1.54, 1.807) is 0 Å². The first-order valence-electron chi connectivity index (χ1n) is 13.1. The Morgan fingerprint density at radius 1 is 0.472 bits per heavy atom. The average molecular weight is 844 g/mol. The molecule has 8 N–H and O–H groups in total. The molecular formula is C28H21N3Na4O14S4. The van der Waals surface area contributed by atoms with Crippen molar-refractivity contribution in [2.45, 2.75) is 19.6 Å². The predicted molar refractivity (Wildman–Crippen MR) is 197 cm³/mol. The second-order valence-corrected chi connectivity index (χ2v) is 16.0. The third-order valence-corrected chi connectivity index (χ3v) is 10.4. The summed E-state index contributed by atoms with van der Waals surface area (Å²) in [7, 11) is -19.7. The molecule has 0 saturated carbocycles. The van der Waals surface area contributed by atoms with Gasteiger partial charge < -0.3 is 16.4 Å². The quantitative estimate of drug-likeness (QED) is 0.0662. The number of amides is 2. The monoisotopic (exact) mass is 843 g/mol. The summed E-state index contributed by atoms with van der Waals surface area (Å²) in [6.45, 7) is 0. The fourth-order valence-corrected chi connectivity index (χ4v) is 7.53. The standard InChI is InChI=1S/C28H21N3O14S4.4Na/c29-18-6-16(27(32)30-19-1-3-23-14(8-19)10-21(46(34,35)36)12-25(23)48(40,41)42)5-17(7-18)28(33)31-20-2-4-24-15(9-20)11-22(47(37,38)39)13-26(24)49(43,44)45;;;;/h1-13H,29H2,(H,30,32)(H,31,33)(H,34,35,36)(H,37,38,39)(H,40,41,42)(H,43,44,45);;;;. The molecule has 4 radical (unpaired) electrons. The molecule has 0 saturated heterocycles. The third-order valence-electron chi connectivity index (χ3n) is 6.92. The Balaban J connectivity index is 0.00000351. The maximum Gasteiger partial charge on any atom is 0.295 e. The SMILES string of the molecule is Nc1cc(C(=O)Nc2ccc3c(S(=O)(=O)O)cc(S(=O)(=O)O)cc3c2)cc(C(=O)Nc2ccc3c(S(=O)(=O)O)cc(S(=O)(=O)O)cc3c2)c1.[Na].[Na].[Na].[Na]. The first-order chi connectivity index (χ1) is 22.5. The first-order valence-corrected chi connectivity index (χ1v) is 18.9. The molecule has 0 heterocycles. The van der Waals surface area contributed by atoms with E-state index in [-0.39, 0.29) is 168 Å². The van der Waals surface area contributed by atoms with Crippen LogP contribution in [-0.4, -0.2) is 182 Å². The number of hydrogen-bond donors (Lipinski definition) is 7. The molecule has 0 unspecified atom stereocenters. The molecule has 5 aromatic rings. The molecule has 53 heavy (non-hydrogen) atoms. The summed E-state index contributed by atoms with van der Waals surface area (Å²) >= 11 is 0. The van der Waals surface area contributed by atoms with Crippen molar-refractivity contribution >= 4 is 209 Å². The number of anilines is 3. The van der Waals surface area contributed by atoms with Crippen LogP contribution in [0.4, 0.5) is 17.1 Å². The fraction of sp³-hybridized carbons (Fsp3) is 0. The maximum absolute atomic E-state index is 13.2. The van der Waals surface area contributed by atoms with Crippen LogP contribution in [0.15, 0.2) is 98.4 Å². The largest absolute Gasteiger partial charge is 0.399 e. The van der Waals surface area contributed by atoms with Crippen LogP contribution >= 0.6 is 0 Å². The summed E-state index contributed by atoms with van der Waals surface area (Å²) in [6.07, 6.45) is 0. The first kappa shape index (κ1) is 50.0.